The van der Waals surface area contributed by atoms with Gasteiger partial charge in [-0.25, -0.2) is 0 Å². The third kappa shape index (κ3) is 2.79. The first-order valence-electron chi connectivity index (χ1n) is 5.89. The number of nitrogens with two attached hydrogens (primary N) is 1. The number of hydrogen-bond acceptors (Lipinski definition) is 2. The summed E-state index contributed by atoms with van der Waals surface area (Å²) in [5, 5.41) is 3.61. The van der Waals surface area contributed by atoms with E-state index in [1.165, 1.54) is 0 Å². The van der Waals surface area contributed by atoms with Crippen molar-refractivity contribution in [3.8, 4) is 0 Å². The molecule has 2 rings (SSSR count). The van der Waals surface area contributed by atoms with Crippen LogP contribution in [-0.2, 0) is 4.79 Å². The van der Waals surface area contributed by atoms with E-state index in [1.54, 1.807) is 0 Å². The van der Waals surface area contributed by atoms with Crippen molar-refractivity contribution in [2.45, 2.75) is 32.2 Å². The van der Waals surface area contributed by atoms with Gasteiger partial charge in [-0.05, 0) is 43.9 Å². The van der Waals surface area contributed by atoms with Gasteiger partial charge in [-0.3, -0.25) is 4.79 Å². The van der Waals surface area contributed by atoms with E-state index in [2.05, 4.69) is 5.32 Å². The quantitative estimate of drug-likeness (QED) is 0.850. The topological polar surface area (TPSA) is 55.1 Å². The van der Waals surface area contributed by atoms with Gasteiger partial charge in [-0.2, -0.15) is 0 Å². The molecule has 0 aromatic heterocycles. The van der Waals surface area contributed by atoms with Crippen LogP contribution in [0.5, 0.6) is 0 Å². The Kier molecular flexibility index (Phi) is 3.69. The van der Waals surface area contributed by atoms with Gasteiger partial charge in [0.05, 0.1) is 0 Å². The minimum absolute atomic E-state index is 0.0448. The summed E-state index contributed by atoms with van der Waals surface area (Å²) < 4.78 is 0. The Hall–Kier alpha value is -1.06. The number of carbonyl (C=O) groups is 1. The monoisotopic (exact) mass is 252 g/mol. The fraction of sp³-hybridized carbons (Fsp3) is 0.462. The maximum Gasteiger partial charge on any atom is 0.227 e. The fourth-order valence-electron chi connectivity index (χ4n) is 2.23. The molecule has 1 amide bonds. The summed E-state index contributed by atoms with van der Waals surface area (Å²) in [6.07, 6.45) is 2.60. The highest BCUT2D eigenvalue weighted by molar-refractivity contribution is 6.31. The number of halogens is 1. The molecule has 1 aromatic carbocycles. The lowest BCUT2D eigenvalue weighted by atomic mass is 10.1. The van der Waals surface area contributed by atoms with Gasteiger partial charge >= 0.3 is 0 Å². The Balaban J connectivity index is 2.06. The van der Waals surface area contributed by atoms with E-state index in [0.717, 1.165) is 30.5 Å². The Morgan fingerprint density at radius 1 is 1.47 bits per heavy atom. The smallest absolute Gasteiger partial charge is 0.227 e. The summed E-state index contributed by atoms with van der Waals surface area (Å²) in [7, 11) is 0. The standard InChI is InChI=1S/C13H17ClN2O/c1-8-11(14)3-2-4-12(8)16-13(17)9-5-6-10(15)7-9/h2-4,9-10H,5-7,15H2,1H3,(H,16,17). The molecular formula is C13H17ClN2O. The number of nitrogens with one attached hydrogen (secondary N) is 1. The minimum atomic E-state index is 0.0448. The zero-order valence-corrected chi connectivity index (χ0v) is 10.6. The molecule has 0 saturated heterocycles. The summed E-state index contributed by atoms with van der Waals surface area (Å²) in [6, 6.07) is 5.70. The van der Waals surface area contributed by atoms with Crippen LogP contribution in [0.1, 0.15) is 24.8 Å². The molecule has 1 saturated carbocycles. The van der Waals surface area contributed by atoms with E-state index >= 15 is 0 Å². The molecule has 3 nitrogen and oxygen atoms in total. The number of carbonyl (C=O) groups excluding carboxylic acids is 1. The van der Waals surface area contributed by atoms with E-state index in [4.69, 9.17) is 17.3 Å². The third-order valence-corrected chi connectivity index (χ3v) is 3.78. The lowest BCUT2D eigenvalue weighted by molar-refractivity contribution is -0.119. The second-order valence-electron chi connectivity index (χ2n) is 4.67. The first kappa shape index (κ1) is 12.4. The molecule has 2 atom stereocenters. The molecule has 2 unspecified atom stereocenters. The molecule has 1 aromatic rings. The number of benzene rings is 1. The van der Waals surface area contributed by atoms with Gasteiger partial charge in [-0.1, -0.05) is 17.7 Å². The largest absolute Gasteiger partial charge is 0.328 e. The Bertz CT molecular complexity index is 433. The zero-order valence-electron chi connectivity index (χ0n) is 9.87. The molecule has 92 valence electrons. The predicted octanol–water partition coefficient (Wildman–Crippen LogP) is 2.71. The minimum Gasteiger partial charge on any atom is -0.328 e. The number of rotatable bonds is 2. The van der Waals surface area contributed by atoms with Crippen LogP contribution in [0.3, 0.4) is 0 Å². The lowest BCUT2D eigenvalue weighted by Gasteiger charge is -2.13. The zero-order chi connectivity index (χ0) is 12.4. The molecule has 0 bridgehead atoms. The van der Waals surface area contributed by atoms with Crippen LogP contribution in [0.2, 0.25) is 5.02 Å². The molecule has 1 aliphatic rings. The number of anilines is 1. The van der Waals surface area contributed by atoms with E-state index < -0.39 is 0 Å². The molecule has 1 aliphatic carbocycles. The van der Waals surface area contributed by atoms with Crippen molar-refractivity contribution < 1.29 is 4.79 Å². The summed E-state index contributed by atoms with van der Waals surface area (Å²) >= 11 is 6.01. The van der Waals surface area contributed by atoms with E-state index in [1.807, 2.05) is 25.1 Å². The summed E-state index contributed by atoms with van der Waals surface area (Å²) in [4.78, 5) is 12.0. The molecule has 0 spiro atoms. The van der Waals surface area contributed by atoms with Gasteiger partial charge in [0, 0.05) is 22.7 Å². The van der Waals surface area contributed by atoms with Crippen LogP contribution in [-0.4, -0.2) is 11.9 Å². The van der Waals surface area contributed by atoms with E-state index in [0.29, 0.717) is 5.02 Å². The molecular weight excluding hydrogens is 236 g/mol. The van der Waals surface area contributed by atoms with Gasteiger partial charge in [0.1, 0.15) is 0 Å². The number of amides is 1. The highest BCUT2D eigenvalue weighted by Crippen LogP contribution is 2.27. The first-order valence-corrected chi connectivity index (χ1v) is 6.27. The Labute approximate surface area is 106 Å². The maximum atomic E-state index is 12.0. The van der Waals surface area contributed by atoms with E-state index in [-0.39, 0.29) is 17.9 Å². The van der Waals surface area contributed by atoms with Crippen molar-refractivity contribution in [2.24, 2.45) is 11.7 Å². The highest BCUT2D eigenvalue weighted by Gasteiger charge is 2.27. The molecule has 17 heavy (non-hydrogen) atoms. The second-order valence-corrected chi connectivity index (χ2v) is 5.08. The molecule has 1 fully saturated rings. The van der Waals surface area contributed by atoms with Crippen LogP contribution >= 0.6 is 11.6 Å². The van der Waals surface area contributed by atoms with Gasteiger partial charge in [0.25, 0.3) is 0 Å². The normalized spacial score (nSPS) is 23.7. The van der Waals surface area contributed by atoms with Gasteiger partial charge in [0.2, 0.25) is 5.91 Å². The van der Waals surface area contributed by atoms with E-state index in [9.17, 15) is 4.79 Å². The van der Waals surface area contributed by atoms with Crippen molar-refractivity contribution in [2.75, 3.05) is 5.32 Å². The molecule has 3 N–H and O–H groups in total. The third-order valence-electron chi connectivity index (χ3n) is 3.37. The Morgan fingerprint density at radius 3 is 2.88 bits per heavy atom. The van der Waals surface area contributed by atoms with Crippen LogP contribution < -0.4 is 11.1 Å². The average Bonchev–Trinajstić information content (AvgIpc) is 2.72. The van der Waals surface area contributed by atoms with Crippen molar-refractivity contribution in [3.05, 3.63) is 28.8 Å². The van der Waals surface area contributed by atoms with Crippen LogP contribution in [0.25, 0.3) is 0 Å². The van der Waals surface area contributed by atoms with Crippen LogP contribution in [0.15, 0.2) is 18.2 Å². The Morgan fingerprint density at radius 2 is 2.24 bits per heavy atom. The molecule has 0 heterocycles. The molecule has 0 aliphatic heterocycles. The lowest BCUT2D eigenvalue weighted by Crippen LogP contribution is -2.23. The summed E-state index contributed by atoms with van der Waals surface area (Å²) in [5.74, 6) is 0.103. The summed E-state index contributed by atoms with van der Waals surface area (Å²) in [6.45, 7) is 1.90. The fourth-order valence-corrected chi connectivity index (χ4v) is 2.41. The van der Waals surface area contributed by atoms with Gasteiger partial charge < -0.3 is 11.1 Å². The molecule has 0 radical (unpaired) electrons. The van der Waals surface area contributed by atoms with Crippen molar-refractivity contribution >= 4 is 23.2 Å². The van der Waals surface area contributed by atoms with Crippen molar-refractivity contribution in [1.82, 2.24) is 0 Å². The highest BCUT2D eigenvalue weighted by atomic mass is 35.5. The van der Waals surface area contributed by atoms with Crippen LogP contribution in [0, 0.1) is 12.8 Å². The maximum absolute atomic E-state index is 12.0. The SMILES string of the molecule is Cc1c(Cl)cccc1NC(=O)C1CCC(N)C1. The van der Waals surface area contributed by atoms with Gasteiger partial charge in [-0.15, -0.1) is 0 Å². The first-order chi connectivity index (χ1) is 8.08. The predicted molar refractivity (Wildman–Crippen MR) is 70.1 cm³/mol. The van der Waals surface area contributed by atoms with Gasteiger partial charge in [0.15, 0.2) is 0 Å². The van der Waals surface area contributed by atoms with Crippen molar-refractivity contribution in [1.29, 1.82) is 0 Å². The second kappa shape index (κ2) is 5.07. The van der Waals surface area contributed by atoms with Crippen LogP contribution in [0.4, 0.5) is 5.69 Å². The average molecular weight is 253 g/mol. The molecule has 4 heteroatoms. The number of hydrogen-bond donors (Lipinski definition) is 2. The summed E-state index contributed by atoms with van der Waals surface area (Å²) in [5.41, 5.74) is 7.51. The van der Waals surface area contributed by atoms with Crippen molar-refractivity contribution in [3.63, 3.8) is 0 Å².